The lowest BCUT2D eigenvalue weighted by atomic mass is 9.91. The van der Waals surface area contributed by atoms with Crippen LogP contribution in [0.2, 0.25) is 5.02 Å². The average Bonchev–Trinajstić information content (AvgIpc) is 3.00. The lowest BCUT2D eigenvalue weighted by Crippen LogP contribution is -2.16. The number of ether oxygens (including phenoxy) is 1. The molecule has 0 aliphatic heterocycles. The van der Waals surface area contributed by atoms with E-state index in [0.29, 0.717) is 23.4 Å². The third-order valence-corrected chi connectivity index (χ3v) is 3.43. The highest BCUT2D eigenvalue weighted by Gasteiger charge is 2.49. The molecule has 1 aliphatic rings. The van der Waals surface area contributed by atoms with Crippen LogP contribution in [0.25, 0.3) is 0 Å². The normalized spacial score (nSPS) is 16.6. The fourth-order valence-electron chi connectivity index (χ4n) is 2.18. The minimum Gasteiger partial charge on any atom is -0.495 e. The molecule has 1 N–H and O–H groups in total. The average molecular weight is 259 g/mol. The summed E-state index contributed by atoms with van der Waals surface area (Å²) in [7, 11) is 1.40. The molecule has 0 bridgehead atoms. The molecule has 0 aromatic heterocycles. The highest BCUT2D eigenvalue weighted by Crippen LogP contribution is 2.55. The minimum atomic E-state index is -0.941. The molecule has 1 aromatic rings. The van der Waals surface area contributed by atoms with Crippen molar-refractivity contribution >= 4 is 17.6 Å². The second-order valence-corrected chi connectivity index (χ2v) is 4.70. The standard InChI is InChI=1S/C12H12ClFO3/c1-17-11-7(13)2-3-8(14)10(11)12(4-5-12)6-9(15)16/h2-3H,4-6H2,1H3,(H,15,16). The topological polar surface area (TPSA) is 46.5 Å². The Balaban J connectivity index is 2.51. The Morgan fingerprint density at radius 3 is 2.71 bits per heavy atom. The van der Waals surface area contributed by atoms with Gasteiger partial charge in [0.25, 0.3) is 0 Å². The predicted molar refractivity (Wildman–Crippen MR) is 61.1 cm³/mol. The molecule has 0 atom stereocenters. The van der Waals surface area contributed by atoms with Crippen LogP contribution >= 0.6 is 11.6 Å². The summed E-state index contributed by atoms with van der Waals surface area (Å²) in [5.41, 5.74) is -0.346. The van der Waals surface area contributed by atoms with Gasteiger partial charge in [0.15, 0.2) is 0 Å². The molecule has 0 amide bonds. The number of aliphatic carboxylic acids is 1. The van der Waals surface area contributed by atoms with E-state index in [1.165, 1.54) is 19.2 Å². The predicted octanol–water partition coefficient (Wildman–Crippen LogP) is 2.99. The molecule has 0 unspecified atom stereocenters. The van der Waals surface area contributed by atoms with Gasteiger partial charge in [0.2, 0.25) is 0 Å². The van der Waals surface area contributed by atoms with Crippen molar-refractivity contribution in [2.45, 2.75) is 24.7 Å². The van der Waals surface area contributed by atoms with E-state index in [4.69, 9.17) is 21.4 Å². The van der Waals surface area contributed by atoms with E-state index in [1.807, 2.05) is 0 Å². The number of hydrogen-bond donors (Lipinski definition) is 1. The van der Waals surface area contributed by atoms with Crippen molar-refractivity contribution in [1.29, 1.82) is 0 Å². The smallest absolute Gasteiger partial charge is 0.304 e. The zero-order chi connectivity index (χ0) is 12.6. The van der Waals surface area contributed by atoms with Crippen molar-refractivity contribution in [2.75, 3.05) is 7.11 Å². The van der Waals surface area contributed by atoms with Gasteiger partial charge in [-0.1, -0.05) is 11.6 Å². The summed E-state index contributed by atoms with van der Waals surface area (Å²) < 4.78 is 19.0. The largest absolute Gasteiger partial charge is 0.495 e. The molecule has 1 aromatic carbocycles. The van der Waals surface area contributed by atoms with Crippen molar-refractivity contribution in [2.24, 2.45) is 0 Å². The summed E-state index contributed by atoms with van der Waals surface area (Å²) in [6.07, 6.45) is 1.19. The molecule has 0 saturated heterocycles. The molecule has 2 rings (SSSR count). The Hall–Kier alpha value is -1.29. The van der Waals surface area contributed by atoms with Crippen LogP contribution in [0.4, 0.5) is 4.39 Å². The minimum absolute atomic E-state index is 0.0966. The molecule has 0 radical (unpaired) electrons. The van der Waals surface area contributed by atoms with E-state index in [-0.39, 0.29) is 12.2 Å². The van der Waals surface area contributed by atoms with Gasteiger partial charge in [-0.25, -0.2) is 4.39 Å². The molecular weight excluding hydrogens is 247 g/mol. The van der Waals surface area contributed by atoms with Gasteiger partial charge in [-0.05, 0) is 25.0 Å². The summed E-state index contributed by atoms with van der Waals surface area (Å²) in [4.78, 5) is 10.8. The van der Waals surface area contributed by atoms with Crippen LogP contribution in [-0.4, -0.2) is 18.2 Å². The Morgan fingerprint density at radius 2 is 2.24 bits per heavy atom. The van der Waals surface area contributed by atoms with Gasteiger partial charge >= 0.3 is 5.97 Å². The molecular formula is C12H12ClFO3. The Bertz CT molecular complexity index is 469. The number of carboxylic acids is 1. The Labute approximate surface area is 103 Å². The fraction of sp³-hybridized carbons (Fsp3) is 0.417. The third kappa shape index (κ3) is 2.09. The van der Waals surface area contributed by atoms with E-state index in [9.17, 15) is 9.18 Å². The number of carboxylic acid groups (broad SMARTS) is 1. The first-order valence-electron chi connectivity index (χ1n) is 5.24. The zero-order valence-corrected chi connectivity index (χ0v) is 10.1. The highest BCUT2D eigenvalue weighted by molar-refractivity contribution is 6.32. The van der Waals surface area contributed by atoms with Gasteiger partial charge in [-0.2, -0.15) is 0 Å². The van der Waals surface area contributed by atoms with Crippen LogP contribution in [0.5, 0.6) is 5.75 Å². The van der Waals surface area contributed by atoms with Crippen molar-refractivity contribution < 1.29 is 19.0 Å². The Morgan fingerprint density at radius 1 is 1.59 bits per heavy atom. The molecule has 1 saturated carbocycles. The summed E-state index contributed by atoms with van der Waals surface area (Å²) >= 11 is 5.93. The second-order valence-electron chi connectivity index (χ2n) is 4.29. The quantitative estimate of drug-likeness (QED) is 0.903. The summed E-state index contributed by atoms with van der Waals surface area (Å²) in [6, 6.07) is 2.66. The van der Waals surface area contributed by atoms with Gasteiger partial charge in [0.05, 0.1) is 18.6 Å². The van der Waals surface area contributed by atoms with Crippen LogP contribution in [0.15, 0.2) is 12.1 Å². The molecule has 17 heavy (non-hydrogen) atoms. The fourth-order valence-corrected chi connectivity index (χ4v) is 2.42. The lowest BCUT2D eigenvalue weighted by Gasteiger charge is -2.18. The summed E-state index contributed by atoms with van der Waals surface area (Å²) in [5, 5.41) is 9.18. The number of rotatable bonds is 4. The van der Waals surface area contributed by atoms with Gasteiger partial charge in [-0.15, -0.1) is 0 Å². The van der Waals surface area contributed by atoms with Crippen LogP contribution in [0.1, 0.15) is 24.8 Å². The van der Waals surface area contributed by atoms with Crippen LogP contribution in [0, 0.1) is 5.82 Å². The van der Waals surface area contributed by atoms with Crippen LogP contribution in [-0.2, 0) is 10.2 Å². The number of methoxy groups -OCH3 is 1. The zero-order valence-electron chi connectivity index (χ0n) is 9.30. The van der Waals surface area contributed by atoms with Gasteiger partial charge in [-0.3, -0.25) is 4.79 Å². The SMILES string of the molecule is COc1c(Cl)ccc(F)c1C1(CC(=O)O)CC1. The van der Waals surface area contributed by atoms with E-state index >= 15 is 0 Å². The van der Waals surface area contributed by atoms with Crippen molar-refractivity contribution in [3.05, 3.63) is 28.5 Å². The molecule has 1 aliphatic carbocycles. The number of halogens is 2. The number of carbonyl (C=O) groups is 1. The maximum atomic E-state index is 13.9. The number of benzene rings is 1. The summed E-state index contributed by atoms with van der Waals surface area (Å²) in [5.74, 6) is -1.14. The van der Waals surface area contributed by atoms with E-state index in [2.05, 4.69) is 0 Å². The molecule has 3 nitrogen and oxygen atoms in total. The Kier molecular flexibility index (Phi) is 3.00. The van der Waals surface area contributed by atoms with Crippen molar-refractivity contribution in [3.63, 3.8) is 0 Å². The maximum Gasteiger partial charge on any atom is 0.304 e. The third-order valence-electron chi connectivity index (χ3n) is 3.14. The monoisotopic (exact) mass is 258 g/mol. The second kappa shape index (κ2) is 4.18. The molecule has 0 heterocycles. The van der Waals surface area contributed by atoms with E-state index < -0.39 is 17.2 Å². The van der Waals surface area contributed by atoms with Crippen LogP contribution < -0.4 is 4.74 Å². The van der Waals surface area contributed by atoms with E-state index in [1.54, 1.807) is 0 Å². The van der Waals surface area contributed by atoms with Crippen LogP contribution in [0.3, 0.4) is 0 Å². The molecule has 5 heteroatoms. The maximum absolute atomic E-state index is 13.9. The molecule has 0 spiro atoms. The van der Waals surface area contributed by atoms with Crippen molar-refractivity contribution in [1.82, 2.24) is 0 Å². The van der Waals surface area contributed by atoms with Crippen molar-refractivity contribution in [3.8, 4) is 5.75 Å². The summed E-state index contributed by atoms with van der Waals surface area (Å²) in [6.45, 7) is 0. The van der Waals surface area contributed by atoms with Gasteiger partial charge in [0.1, 0.15) is 11.6 Å². The number of hydrogen-bond acceptors (Lipinski definition) is 2. The van der Waals surface area contributed by atoms with Gasteiger partial charge < -0.3 is 9.84 Å². The first-order chi connectivity index (χ1) is 8.00. The molecule has 92 valence electrons. The highest BCUT2D eigenvalue weighted by atomic mass is 35.5. The first kappa shape index (κ1) is 12.2. The first-order valence-corrected chi connectivity index (χ1v) is 5.62. The van der Waals surface area contributed by atoms with E-state index in [0.717, 1.165) is 0 Å². The lowest BCUT2D eigenvalue weighted by molar-refractivity contribution is -0.137. The van der Waals surface area contributed by atoms with Gasteiger partial charge in [0, 0.05) is 11.0 Å². The molecule has 1 fully saturated rings.